The number of anilines is 1. The van der Waals surface area contributed by atoms with E-state index < -0.39 is 0 Å². The predicted molar refractivity (Wildman–Crippen MR) is 78.1 cm³/mol. The molecule has 0 saturated heterocycles. The summed E-state index contributed by atoms with van der Waals surface area (Å²) in [5.41, 5.74) is 2.49. The highest BCUT2D eigenvalue weighted by Crippen LogP contribution is 2.20. The standard InChI is InChI=1S/C15H26N2O/c1-4-10-16-15(5-2)13-6-8-14(9-7-13)17(3)11-12-18/h6-9,15-16,18H,4-5,10-12H2,1-3H3. The second-order valence-corrected chi connectivity index (χ2v) is 4.65. The highest BCUT2D eigenvalue weighted by molar-refractivity contribution is 5.47. The first-order chi connectivity index (χ1) is 8.72. The number of likely N-dealkylation sites (N-methyl/N-ethyl adjacent to an activating group) is 1. The number of nitrogens with one attached hydrogen (secondary N) is 1. The first kappa shape index (κ1) is 15.0. The molecule has 1 aromatic rings. The number of nitrogens with zero attached hydrogens (tertiary/aromatic N) is 1. The summed E-state index contributed by atoms with van der Waals surface area (Å²) in [7, 11) is 2.00. The van der Waals surface area contributed by atoms with Crippen molar-refractivity contribution >= 4 is 5.69 Å². The summed E-state index contributed by atoms with van der Waals surface area (Å²) in [6.45, 7) is 6.31. The second-order valence-electron chi connectivity index (χ2n) is 4.65. The fourth-order valence-corrected chi connectivity index (χ4v) is 2.06. The van der Waals surface area contributed by atoms with Gasteiger partial charge < -0.3 is 15.3 Å². The lowest BCUT2D eigenvalue weighted by Gasteiger charge is -2.21. The van der Waals surface area contributed by atoms with Crippen LogP contribution in [0.2, 0.25) is 0 Å². The Hall–Kier alpha value is -1.06. The lowest BCUT2D eigenvalue weighted by Crippen LogP contribution is -2.22. The van der Waals surface area contributed by atoms with Gasteiger partial charge in [0.2, 0.25) is 0 Å². The SMILES string of the molecule is CCCNC(CC)c1ccc(N(C)CCO)cc1. The first-order valence-electron chi connectivity index (χ1n) is 6.88. The van der Waals surface area contributed by atoms with Gasteiger partial charge in [-0.1, -0.05) is 26.0 Å². The lowest BCUT2D eigenvalue weighted by molar-refractivity contribution is 0.304. The number of rotatable bonds is 8. The number of aliphatic hydroxyl groups is 1. The Morgan fingerprint density at radius 1 is 1.22 bits per heavy atom. The first-order valence-corrected chi connectivity index (χ1v) is 6.88. The van der Waals surface area contributed by atoms with Gasteiger partial charge in [0.25, 0.3) is 0 Å². The molecule has 1 unspecified atom stereocenters. The zero-order valence-corrected chi connectivity index (χ0v) is 11.8. The van der Waals surface area contributed by atoms with Crippen molar-refractivity contribution < 1.29 is 5.11 Å². The summed E-state index contributed by atoms with van der Waals surface area (Å²) < 4.78 is 0. The van der Waals surface area contributed by atoms with Crippen molar-refractivity contribution in [3.05, 3.63) is 29.8 Å². The van der Waals surface area contributed by atoms with Crippen molar-refractivity contribution in [1.29, 1.82) is 0 Å². The molecular formula is C15H26N2O. The van der Waals surface area contributed by atoms with Crippen LogP contribution in [0, 0.1) is 0 Å². The quantitative estimate of drug-likeness (QED) is 0.744. The number of aliphatic hydroxyl groups excluding tert-OH is 1. The van der Waals surface area contributed by atoms with Gasteiger partial charge in [-0.05, 0) is 37.1 Å². The Balaban J connectivity index is 2.68. The molecule has 1 aromatic carbocycles. The maximum atomic E-state index is 8.92. The van der Waals surface area contributed by atoms with E-state index in [9.17, 15) is 0 Å². The Kier molecular flexibility index (Phi) is 6.76. The van der Waals surface area contributed by atoms with E-state index in [1.807, 2.05) is 7.05 Å². The van der Waals surface area contributed by atoms with Crippen molar-refractivity contribution in [2.24, 2.45) is 0 Å². The van der Waals surface area contributed by atoms with Gasteiger partial charge in [0, 0.05) is 25.3 Å². The molecule has 0 heterocycles. The van der Waals surface area contributed by atoms with Gasteiger partial charge in [0.1, 0.15) is 0 Å². The van der Waals surface area contributed by atoms with Gasteiger partial charge in [-0.2, -0.15) is 0 Å². The minimum atomic E-state index is 0.188. The van der Waals surface area contributed by atoms with Crippen molar-refractivity contribution in [2.75, 3.05) is 31.6 Å². The van der Waals surface area contributed by atoms with E-state index in [1.165, 1.54) is 5.56 Å². The molecule has 1 atom stereocenters. The van der Waals surface area contributed by atoms with Crippen molar-refractivity contribution in [2.45, 2.75) is 32.7 Å². The fourth-order valence-electron chi connectivity index (χ4n) is 2.06. The highest BCUT2D eigenvalue weighted by Gasteiger charge is 2.08. The van der Waals surface area contributed by atoms with Crippen LogP contribution in [0.15, 0.2) is 24.3 Å². The topological polar surface area (TPSA) is 35.5 Å². The van der Waals surface area contributed by atoms with E-state index >= 15 is 0 Å². The van der Waals surface area contributed by atoms with Gasteiger partial charge in [0.05, 0.1) is 6.61 Å². The number of hydrogen-bond donors (Lipinski definition) is 2. The fraction of sp³-hybridized carbons (Fsp3) is 0.600. The highest BCUT2D eigenvalue weighted by atomic mass is 16.3. The Morgan fingerprint density at radius 2 is 1.89 bits per heavy atom. The third kappa shape index (κ3) is 4.31. The van der Waals surface area contributed by atoms with E-state index in [4.69, 9.17) is 5.11 Å². The van der Waals surface area contributed by atoms with E-state index in [-0.39, 0.29) is 6.61 Å². The van der Waals surface area contributed by atoms with Crippen LogP contribution in [-0.2, 0) is 0 Å². The lowest BCUT2D eigenvalue weighted by atomic mass is 10.0. The molecule has 0 radical (unpaired) electrons. The van der Waals surface area contributed by atoms with Crippen LogP contribution >= 0.6 is 0 Å². The molecule has 0 aliphatic heterocycles. The van der Waals surface area contributed by atoms with Gasteiger partial charge in [0.15, 0.2) is 0 Å². The maximum absolute atomic E-state index is 8.92. The summed E-state index contributed by atoms with van der Waals surface area (Å²) in [6, 6.07) is 9.06. The van der Waals surface area contributed by atoms with Crippen LogP contribution in [0.5, 0.6) is 0 Å². The molecule has 2 N–H and O–H groups in total. The van der Waals surface area contributed by atoms with E-state index in [0.717, 1.165) is 25.1 Å². The van der Waals surface area contributed by atoms with E-state index in [0.29, 0.717) is 12.6 Å². The summed E-state index contributed by atoms with van der Waals surface area (Å²) in [5, 5.41) is 12.5. The van der Waals surface area contributed by atoms with Crippen LogP contribution in [-0.4, -0.2) is 31.9 Å². The molecular weight excluding hydrogens is 224 g/mol. The van der Waals surface area contributed by atoms with Crippen molar-refractivity contribution in [3.8, 4) is 0 Å². The summed E-state index contributed by atoms with van der Waals surface area (Å²) in [4.78, 5) is 2.06. The zero-order chi connectivity index (χ0) is 13.4. The molecule has 1 rings (SSSR count). The van der Waals surface area contributed by atoms with E-state index in [1.54, 1.807) is 0 Å². The molecule has 3 heteroatoms. The predicted octanol–water partition coefficient (Wildman–Crippen LogP) is 2.57. The molecule has 0 amide bonds. The molecule has 18 heavy (non-hydrogen) atoms. The van der Waals surface area contributed by atoms with Gasteiger partial charge in [-0.25, -0.2) is 0 Å². The molecule has 0 aromatic heterocycles. The van der Waals surface area contributed by atoms with Crippen LogP contribution in [0.25, 0.3) is 0 Å². The summed E-state index contributed by atoms with van der Waals surface area (Å²) >= 11 is 0. The minimum Gasteiger partial charge on any atom is -0.395 e. The van der Waals surface area contributed by atoms with E-state index in [2.05, 4.69) is 48.3 Å². The molecule has 0 bridgehead atoms. The summed E-state index contributed by atoms with van der Waals surface area (Å²) in [5.74, 6) is 0. The zero-order valence-electron chi connectivity index (χ0n) is 11.8. The Labute approximate surface area is 111 Å². The van der Waals surface area contributed by atoms with Crippen molar-refractivity contribution in [3.63, 3.8) is 0 Å². The maximum Gasteiger partial charge on any atom is 0.0606 e. The average Bonchev–Trinajstić information content (AvgIpc) is 2.40. The van der Waals surface area contributed by atoms with Crippen LogP contribution in [0.3, 0.4) is 0 Å². The summed E-state index contributed by atoms with van der Waals surface area (Å²) in [6.07, 6.45) is 2.26. The number of benzene rings is 1. The average molecular weight is 250 g/mol. The largest absolute Gasteiger partial charge is 0.395 e. The van der Waals surface area contributed by atoms with Gasteiger partial charge in [-0.3, -0.25) is 0 Å². The van der Waals surface area contributed by atoms with Crippen LogP contribution in [0.1, 0.15) is 38.3 Å². The van der Waals surface area contributed by atoms with Gasteiger partial charge >= 0.3 is 0 Å². The molecule has 0 aliphatic rings. The van der Waals surface area contributed by atoms with Gasteiger partial charge in [-0.15, -0.1) is 0 Å². The number of hydrogen-bond acceptors (Lipinski definition) is 3. The monoisotopic (exact) mass is 250 g/mol. The van der Waals surface area contributed by atoms with Crippen LogP contribution in [0.4, 0.5) is 5.69 Å². The molecule has 102 valence electrons. The molecule has 0 fully saturated rings. The third-order valence-electron chi connectivity index (χ3n) is 3.22. The van der Waals surface area contributed by atoms with Crippen LogP contribution < -0.4 is 10.2 Å². The molecule has 0 saturated carbocycles. The molecule has 3 nitrogen and oxygen atoms in total. The Morgan fingerprint density at radius 3 is 2.39 bits per heavy atom. The molecule has 0 aliphatic carbocycles. The third-order valence-corrected chi connectivity index (χ3v) is 3.22. The smallest absolute Gasteiger partial charge is 0.0606 e. The molecule has 0 spiro atoms. The van der Waals surface area contributed by atoms with Crippen molar-refractivity contribution in [1.82, 2.24) is 5.32 Å². The minimum absolute atomic E-state index is 0.188. The second kappa shape index (κ2) is 8.11. The normalized spacial score (nSPS) is 12.4. The Bertz CT molecular complexity index is 324.